The molecule has 102 valence electrons. The number of nitrogens with one attached hydrogen (secondary N) is 1. The summed E-state index contributed by atoms with van der Waals surface area (Å²) in [6, 6.07) is 4.83. The van der Waals surface area contributed by atoms with Crippen LogP contribution in [0, 0.1) is 0 Å². The zero-order valence-electron chi connectivity index (χ0n) is 10.8. The van der Waals surface area contributed by atoms with Crippen LogP contribution in [0.1, 0.15) is 23.4 Å². The summed E-state index contributed by atoms with van der Waals surface area (Å²) in [5.74, 6) is 0. The maximum Gasteiger partial charge on any atom is 0.0964 e. The Hall–Kier alpha value is -1.24. The molecule has 0 unspecified atom stereocenters. The summed E-state index contributed by atoms with van der Waals surface area (Å²) in [6.07, 6.45) is 4.58. The van der Waals surface area contributed by atoms with Gasteiger partial charge in [0.15, 0.2) is 0 Å². The summed E-state index contributed by atoms with van der Waals surface area (Å²) in [7, 11) is 0. The fourth-order valence-electron chi connectivity index (χ4n) is 1.79. The topological polar surface area (TPSA) is 52.0 Å². The second-order valence-electron chi connectivity index (χ2n) is 4.76. The van der Waals surface area contributed by atoms with Gasteiger partial charge in [-0.25, -0.2) is 4.68 Å². The van der Waals surface area contributed by atoms with Gasteiger partial charge in [-0.2, -0.15) is 0 Å². The molecule has 0 amide bonds. The number of nitrogens with zero attached hydrogens (tertiary/aromatic N) is 3. The molecule has 2 aromatic heterocycles. The predicted octanol–water partition coefficient (Wildman–Crippen LogP) is 1.81. The van der Waals surface area contributed by atoms with Crippen molar-refractivity contribution in [2.75, 3.05) is 6.61 Å². The Balaban J connectivity index is 1.35. The van der Waals surface area contributed by atoms with E-state index in [0.29, 0.717) is 19.3 Å². The van der Waals surface area contributed by atoms with Crippen molar-refractivity contribution in [1.82, 2.24) is 20.3 Å². The lowest BCUT2D eigenvalue weighted by atomic mass is 10.4. The third-order valence-electron chi connectivity index (χ3n) is 3.02. The molecule has 0 aliphatic heterocycles. The van der Waals surface area contributed by atoms with E-state index in [2.05, 4.69) is 27.1 Å². The van der Waals surface area contributed by atoms with Crippen LogP contribution in [-0.2, 0) is 24.4 Å². The van der Waals surface area contributed by atoms with E-state index >= 15 is 0 Å². The second-order valence-corrected chi connectivity index (χ2v) is 5.79. The molecule has 0 spiro atoms. The van der Waals surface area contributed by atoms with Crippen molar-refractivity contribution in [2.24, 2.45) is 0 Å². The van der Waals surface area contributed by atoms with Crippen molar-refractivity contribution >= 4 is 11.3 Å². The average Bonchev–Trinajstić information content (AvgIpc) is 2.91. The fraction of sp³-hybridized carbons (Fsp3) is 0.538. The molecule has 1 aliphatic rings. The van der Waals surface area contributed by atoms with Gasteiger partial charge in [-0.3, -0.25) is 0 Å². The summed E-state index contributed by atoms with van der Waals surface area (Å²) in [6.45, 7) is 2.92. The first-order valence-electron chi connectivity index (χ1n) is 6.63. The monoisotopic (exact) mass is 278 g/mol. The molecule has 6 heteroatoms. The van der Waals surface area contributed by atoms with Gasteiger partial charge >= 0.3 is 0 Å². The number of hydrogen-bond donors (Lipinski definition) is 1. The number of thiophene rings is 1. The van der Waals surface area contributed by atoms with Crippen LogP contribution in [-0.4, -0.2) is 27.6 Å². The Morgan fingerprint density at radius 1 is 1.47 bits per heavy atom. The van der Waals surface area contributed by atoms with Crippen LogP contribution >= 0.6 is 11.3 Å². The van der Waals surface area contributed by atoms with E-state index in [-0.39, 0.29) is 0 Å². The lowest BCUT2D eigenvalue weighted by molar-refractivity contribution is 0.112. The summed E-state index contributed by atoms with van der Waals surface area (Å²) < 4.78 is 7.45. The molecule has 0 saturated heterocycles. The molecule has 0 bridgehead atoms. The minimum atomic E-state index is 0.663. The van der Waals surface area contributed by atoms with Gasteiger partial charge in [-0.1, -0.05) is 11.3 Å². The van der Waals surface area contributed by atoms with Crippen LogP contribution in [0.4, 0.5) is 0 Å². The third kappa shape index (κ3) is 4.12. The summed E-state index contributed by atoms with van der Waals surface area (Å²) in [5.41, 5.74) is 1.00. The van der Waals surface area contributed by atoms with Gasteiger partial charge < -0.3 is 10.1 Å². The van der Waals surface area contributed by atoms with E-state index in [1.807, 2.05) is 16.9 Å². The van der Waals surface area contributed by atoms with Crippen molar-refractivity contribution in [3.63, 3.8) is 0 Å². The van der Waals surface area contributed by atoms with Crippen molar-refractivity contribution < 1.29 is 4.74 Å². The molecule has 0 radical (unpaired) electrons. The number of rotatable bonds is 8. The van der Waals surface area contributed by atoms with Crippen molar-refractivity contribution in [1.29, 1.82) is 0 Å². The van der Waals surface area contributed by atoms with Crippen LogP contribution in [0.5, 0.6) is 0 Å². The molecule has 3 rings (SSSR count). The molecule has 1 fully saturated rings. The Labute approximate surface area is 116 Å². The van der Waals surface area contributed by atoms with Crippen molar-refractivity contribution in [3.8, 4) is 0 Å². The molecule has 1 aliphatic carbocycles. The van der Waals surface area contributed by atoms with E-state index in [4.69, 9.17) is 4.74 Å². The third-order valence-corrected chi connectivity index (χ3v) is 3.87. The fourth-order valence-corrected chi connectivity index (χ4v) is 2.43. The van der Waals surface area contributed by atoms with E-state index in [1.165, 1.54) is 17.7 Å². The SMILES string of the molecule is c1csc(COCCn2cc(CNC3CC3)nn2)c1. The molecule has 1 saturated carbocycles. The molecule has 0 aromatic carbocycles. The van der Waals surface area contributed by atoms with Crippen LogP contribution in [0.15, 0.2) is 23.7 Å². The van der Waals surface area contributed by atoms with Crippen LogP contribution in [0.2, 0.25) is 0 Å². The van der Waals surface area contributed by atoms with Gasteiger partial charge in [0.1, 0.15) is 0 Å². The van der Waals surface area contributed by atoms with Crippen molar-refractivity contribution in [3.05, 3.63) is 34.3 Å². The Kier molecular flexibility index (Phi) is 4.22. The van der Waals surface area contributed by atoms with Gasteiger partial charge in [0.2, 0.25) is 0 Å². The first-order valence-corrected chi connectivity index (χ1v) is 7.50. The van der Waals surface area contributed by atoms with E-state index in [9.17, 15) is 0 Å². The summed E-state index contributed by atoms with van der Waals surface area (Å²) in [5, 5.41) is 13.7. The van der Waals surface area contributed by atoms with Gasteiger partial charge in [0.05, 0.1) is 25.5 Å². The zero-order chi connectivity index (χ0) is 12.9. The first kappa shape index (κ1) is 12.8. The Morgan fingerprint density at radius 2 is 2.42 bits per heavy atom. The average molecular weight is 278 g/mol. The maximum atomic E-state index is 5.61. The highest BCUT2D eigenvalue weighted by molar-refractivity contribution is 7.09. The largest absolute Gasteiger partial charge is 0.374 e. The molecule has 2 aromatic rings. The maximum absolute atomic E-state index is 5.61. The second kappa shape index (κ2) is 6.27. The van der Waals surface area contributed by atoms with Gasteiger partial charge in [0.25, 0.3) is 0 Å². The quantitative estimate of drug-likeness (QED) is 0.748. The number of aromatic nitrogens is 3. The minimum Gasteiger partial charge on any atom is -0.374 e. The molecular weight excluding hydrogens is 260 g/mol. The summed E-state index contributed by atoms with van der Waals surface area (Å²) in [4.78, 5) is 1.26. The Morgan fingerprint density at radius 3 is 3.21 bits per heavy atom. The smallest absolute Gasteiger partial charge is 0.0964 e. The van der Waals surface area contributed by atoms with Crippen LogP contribution in [0.25, 0.3) is 0 Å². The molecule has 19 heavy (non-hydrogen) atoms. The highest BCUT2D eigenvalue weighted by atomic mass is 32.1. The standard InChI is InChI=1S/C13H18N4OS/c1-2-13(19-7-1)10-18-6-5-17-9-12(15-16-17)8-14-11-3-4-11/h1-2,7,9,11,14H,3-6,8,10H2. The van der Waals surface area contributed by atoms with Crippen LogP contribution in [0.3, 0.4) is 0 Å². The molecule has 0 atom stereocenters. The van der Waals surface area contributed by atoms with Crippen molar-refractivity contribution in [2.45, 2.75) is 38.6 Å². The molecule has 2 heterocycles. The van der Waals surface area contributed by atoms with Crippen LogP contribution < -0.4 is 5.32 Å². The van der Waals surface area contributed by atoms with E-state index in [0.717, 1.165) is 18.8 Å². The van der Waals surface area contributed by atoms with Gasteiger partial charge in [0, 0.05) is 23.7 Å². The first-order chi connectivity index (χ1) is 9.40. The molecular formula is C13H18N4OS. The molecule has 1 N–H and O–H groups in total. The lowest BCUT2D eigenvalue weighted by Gasteiger charge is -2.02. The minimum absolute atomic E-state index is 0.663. The summed E-state index contributed by atoms with van der Waals surface area (Å²) >= 11 is 1.72. The predicted molar refractivity (Wildman–Crippen MR) is 73.9 cm³/mol. The zero-order valence-corrected chi connectivity index (χ0v) is 11.6. The number of ether oxygens (including phenoxy) is 1. The van der Waals surface area contributed by atoms with Gasteiger partial charge in [-0.15, -0.1) is 16.4 Å². The van der Waals surface area contributed by atoms with Gasteiger partial charge in [-0.05, 0) is 24.3 Å². The van der Waals surface area contributed by atoms with E-state index < -0.39 is 0 Å². The molecule has 5 nitrogen and oxygen atoms in total. The van der Waals surface area contributed by atoms with E-state index in [1.54, 1.807) is 11.3 Å². The highest BCUT2D eigenvalue weighted by Gasteiger charge is 2.20. The Bertz CT molecular complexity index is 492. The lowest BCUT2D eigenvalue weighted by Crippen LogP contribution is -2.15. The number of hydrogen-bond acceptors (Lipinski definition) is 5. The highest BCUT2D eigenvalue weighted by Crippen LogP contribution is 2.18. The normalized spacial score (nSPS) is 14.9.